The van der Waals surface area contributed by atoms with E-state index < -0.39 is 37.9 Å². The van der Waals surface area contributed by atoms with Crippen LogP contribution in [-0.2, 0) is 28.7 Å². The van der Waals surface area contributed by atoms with E-state index in [0.29, 0.717) is 12.1 Å². The monoisotopic (exact) mass is 510 g/mol. The summed E-state index contributed by atoms with van der Waals surface area (Å²) in [4.78, 5) is 7.34. The van der Waals surface area contributed by atoms with Gasteiger partial charge in [0, 0.05) is 55.9 Å². The highest BCUT2D eigenvalue weighted by atomic mass is 32.2. The number of sulfone groups is 1. The van der Waals surface area contributed by atoms with Crippen molar-refractivity contribution in [3.05, 3.63) is 75.5 Å². The molecule has 0 aliphatic carbocycles. The minimum Gasteiger partial charge on any atom is -0.381 e. The Bertz CT molecular complexity index is 1220. The molecule has 0 unspecified atom stereocenters. The third-order valence-electron chi connectivity index (χ3n) is 5.81. The number of thiazole rings is 1. The van der Waals surface area contributed by atoms with E-state index >= 15 is 0 Å². The molecule has 2 aromatic carbocycles. The fourth-order valence-electron chi connectivity index (χ4n) is 3.92. The number of piperazine rings is 1. The molecule has 0 radical (unpaired) electrons. The number of nitrogens with zero attached hydrogens (tertiary/aromatic N) is 3. The second-order valence-corrected chi connectivity index (χ2v) is 11.0. The highest BCUT2D eigenvalue weighted by Crippen LogP contribution is 2.27. The van der Waals surface area contributed by atoms with Crippen LogP contribution < -0.4 is 5.32 Å². The molecule has 0 bridgehead atoms. The lowest BCUT2D eigenvalue weighted by Gasteiger charge is -2.32. The van der Waals surface area contributed by atoms with Crippen LogP contribution in [0.3, 0.4) is 0 Å². The van der Waals surface area contributed by atoms with E-state index in [4.69, 9.17) is 0 Å². The van der Waals surface area contributed by atoms with Gasteiger partial charge in [-0.3, -0.25) is 4.90 Å². The summed E-state index contributed by atoms with van der Waals surface area (Å²) in [5.74, 6) is -3.42. The van der Waals surface area contributed by atoms with E-state index in [0.717, 1.165) is 43.9 Å². The number of likely N-dealkylation sites (N-methyl/N-ethyl adjacent to an activating group) is 1. The maximum atomic E-state index is 14.7. The van der Waals surface area contributed by atoms with Gasteiger partial charge in [-0.05, 0) is 30.8 Å². The summed E-state index contributed by atoms with van der Waals surface area (Å²) in [7, 11) is -2.21. The summed E-state index contributed by atoms with van der Waals surface area (Å²) in [6, 6.07) is 6.66. The third-order valence-corrected chi connectivity index (χ3v) is 8.13. The van der Waals surface area contributed by atoms with Crippen molar-refractivity contribution in [3.63, 3.8) is 0 Å². The molecule has 1 aliphatic rings. The fourth-order valence-corrected chi connectivity index (χ4v) is 5.99. The number of hydrogen-bond donors (Lipinski definition) is 1. The number of nitrogens with one attached hydrogen (secondary N) is 1. The molecule has 1 aromatic heterocycles. The zero-order valence-corrected chi connectivity index (χ0v) is 20.2. The van der Waals surface area contributed by atoms with Crippen LogP contribution in [0.25, 0.3) is 0 Å². The minimum absolute atomic E-state index is 0.000447. The Hall–Kier alpha value is -2.47. The summed E-state index contributed by atoms with van der Waals surface area (Å²) in [5, 5.41) is 4.35. The molecule has 0 saturated carbocycles. The Morgan fingerprint density at radius 1 is 1.06 bits per heavy atom. The van der Waals surface area contributed by atoms with Crippen LogP contribution in [0.4, 0.5) is 18.9 Å². The summed E-state index contributed by atoms with van der Waals surface area (Å²) in [5.41, 5.74) is 2.89. The van der Waals surface area contributed by atoms with Crippen molar-refractivity contribution in [2.45, 2.75) is 23.7 Å². The van der Waals surface area contributed by atoms with Gasteiger partial charge in [0.1, 0.15) is 22.3 Å². The molecule has 0 spiro atoms. The maximum absolute atomic E-state index is 14.7. The summed E-state index contributed by atoms with van der Waals surface area (Å²) >= 11 is 1.20. The Morgan fingerprint density at radius 2 is 1.76 bits per heavy atom. The molecule has 1 N–H and O–H groups in total. The molecule has 1 fully saturated rings. The molecular formula is C23H25F3N4O2S2. The zero-order valence-electron chi connectivity index (χ0n) is 18.6. The number of hydrogen-bond acceptors (Lipinski definition) is 7. The van der Waals surface area contributed by atoms with Gasteiger partial charge in [-0.1, -0.05) is 12.1 Å². The largest absolute Gasteiger partial charge is 0.381 e. The highest BCUT2D eigenvalue weighted by molar-refractivity contribution is 7.90. The van der Waals surface area contributed by atoms with Crippen LogP contribution in [0.1, 0.15) is 16.8 Å². The predicted molar refractivity (Wildman–Crippen MR) is 126 cm³/mol. The van der Waals surface area contributed by atoms with Crippen LogP contribution in [-0.4, -0.2) is 56.4 Å². The van der Waals surface area contributed by atoms with Crippen molar-refractivity contribution in [3.8, 4) is 0 Å². The van der Waals surface area contributed by atoms with Crippen molar-refractivity contribution >= 4 is 26.9 Å². The number of benzene rings is 2. The first-order chi connectivity index (χ1) is 16.2. The van der Waals surface area contributed by atoms with Crippen LogP contribution in [0.2, 0.25) is 0 Å². The lowest BCUT2D eigenvalue weighted by Crippen LogP contribution is -2.44. The normalized spacial score (nSPS) is 15.5. The van der Waals surface area contributed by atoms with Crippen molar-refractivity contribution in [2.24, 2.45) is 0 Å². The molecule has 0 amide bonds. The summed E-state index contributed by atoms with van der Waals surface area (Å²) in [6.45, 7) is 4.16. The lowest BCUT2D eigenvalue weighted by atomic mass is 10.1. The van der Waals surface area contributed by atoms with Gasteiger partial charge in [0.05, 0.1) is 17.0 Å². The van der Waals surface area contributed by atoms with Gasteiger partial charge in [-0.15, -0.1) is 11.3 Å². The van der Waals surface area contributed by atoms with Crippen molar-refractivity contribution in [1.82, 2.24) is 14.8 Å². The Kier molecular flexibility index (Phi) is 7.56. The van der Waals surface area contributed by atoms with Gasteiger partial charge in [0.25, 0.3) is 0 Å². The Morgan fingerprint density at radius 3 is 2.41 bits per heavy atom. The van der Waals surface area contributed by atoms with E-state index in [-0.39, 0.29) is 17.9 Å². The van der Waals surface area contributed by atoms with Crippen molar-refractivity contribution < 1.29 is 21.6 Å². The van der Waals surface area contributed by atoms with Gasteiger partial charge in [-0.2, -0.15) is 0 Å². The van der Waals surface area contributed by atoms with Gasteiger partial charge >= 0.3 is 0 Å². The first-order valence-corrected chi connectivity index (χ1v) is 13.3. The van der Waals surface area contributed by atoms with Crippen molar-refractivity contribution in [1.29, 1.82) is 0 Å². The first kappa shape index (κ1) is 24.6. The lowest BCUT2D eigenvalue weighted by molar-refractivity contribution is 0.148. The van der Waals surface area contributed by atoms with Gasteiger partial charge in [0.15, 0.2) is 9.84 Å². The second-order valence-electron chi connectivity index (χ2n) is 8.32. The van der Waals surface area contributed by atoms with Crippen LogP contribution in [0, 0.1) is 17.5 Å². The predicted octanol–water partition coefficient (Wildman–Crippen LogP) is 3.89. The smallest absolute Gasteiger partial charge is 0.189 e. The average molecular weight is 511 g/mol. The Balaban J connectivity index is 1.50. The van der Waals surface area contributed by atoms with E-state index in [1.807, 2.05) is 6.07 Å². The average Bonchev–Trinajstić information content (AvgIpc) is 3.26. The Labute approximate surface area is 201 Å². The SMILES string of the molecule is CN1CCN(Cc2cccc(F)c2CNc2cc(F)c(S(=O)(=O)Cc3cscn3)c(F)c2)CC1. The van der Waals surface area contributed by atoms with Crippen molar-refractivity contribution in [2.75, 3.05) is 38.5 Å². The van der Waals surface area contributed by atoms with Gasteiger partial charge < -0.3 is 10.2 Å². The molecule has 11 heteroatoms. The van der Waals surface area contributed by atoms with Crippen LogP contribution in [0.5, 0.6) is 0 Å². The maximum Gasteiger partial charge on any atom is 0.189 e. The second kappa shape index (κ2) is 10.4. The van der Waals surface area contributed by atoms with Gasteiger partial charge in [0.2, 0.25) is 0 Å². The first-order valence-electron chi connectivity index (χ1n) is 10.7. The standard InChI is InChI=1S/C23H25F3N4O2S2/c1-29-5-7-30(8-6-29)12-16-3-2-4-20(24)19(16)11-27-17-9-21(25)23(22(26)10-17)34(31,32)14-18-13-33-15-28-18/h2-4,9-10,13,15,27H,5-8,11-12,14H2,1H3. The number of rotatable bonds is 8. The highest BCUT2D eigenvalue weighted by Gasteiger charge is 2.26. The van der Waals surface area contributed by atoms with Crippen LogP contribution in [0.15, 0.2) is 46.1 Å². The zero-order chi connectivity index (χ0) is 24.3. The van der Waals surface area contributed by atoms with Gasteiger partial charge in [-0.25, -0.2) is 26.6 Å². The molecule has 2 heterocycles. The minimum atomic E-state index is -4.26. The molecule has 6 nitrogen and oxygen atoms in total. The molecule has 1 aliphatic heterocycles. The van der Waals surface area contributed by atoms with Crippen LogP contribution >= 0.6 is 11.3 Å². The molecule has 182 valence electrons. The molecule has 0 atom stereocenters. The van der Waals surface area contributed by atoms with E-state index in [1.165, 1.54) is 28.3 Å². The van der Waals surface area contributed by atoms with E-state index in [2.05, 4.69) is 27.1 Å². The summed E-state index contributed by atoms with van der Waals surface area (Å²) in [6.07, 6.45) is 0. The number of anilines is 1. The quantitative estimate of drug-likeness (QED) is 0.496. The molecule has 3 aromatic rings. The molecule has 1 saturated heterocycles. The van der Waals surface area contributed by atoms with E-state index in [1.54, 1.807) is 6.07 Å². The topological polar surface area (TPSA) is 65.5 Å². The third kappa shape index (κ3) is 5.77. The number of aromatic nitrogens is 1. The fraction of sp³-hybridized carbons (Fsp3) is 0.348. The molecule has 4 rings (SSSR count). The number of halogens is 3. The molecule has 34 heavy (non-hydrogen) atoms. The molecular weight excluding hydrogens is 485 g/mol. The van der Waals surface area contributed by atoms with E-state index in [9.17, 15) is 21.6 Å². The summed E-state index contributed by atoms with van der Waals surface area (Å²) < 4.78 is 69.1.